The van der Waals surface area contributed by atoms with Crippen LogP contribution in [0.25, 0.3) is 5.65 Å². The molecule has 2 aliphatic rings. The number of hydrogen-bond acceptors (Lipinski definition) is 5. The fourth-order valence-corrected chi connectivity index (χ4v) is 3.75. The van der Waals surface area contributed by atoms with Crippen LogP contribution in [0, 0.1) is 0 Å². The molecule has 0 radical (unpaired) electrons. The summed E-state index contributed by atoms with van der Waals surface area (Å²) in [6.07, 6.45) is 12.9. The number of anilines is 1. The van der Waals surface area contributed by atoms with Crippen LogP contribution < -0.4 is 5.32 Å². The van der Waals surface area contributed by atoms with E-state index in [0.29, 0.717) is 5.92 Å². The lowest BCUT2D eigenvalue weighted by Crippen LogP contribution is -2.37. The first kappa shape index (κ1) is 16.5. The topological polar surface area (TPSA) is 54.7 Å². The van der Waals surface area contributed by atoms with Crippen molar-refractivity contribution in [1.29, 1.82) is 0 Å². The number of imidazole rings is 1. The summed E-state index contributed by atoms with van der Waals surface area (Å²) in [5, 5.41) is 8.18. The summed E-state index contributed by atoms with van der Waals surface area (Å²) >= 11 is 0. The summed E-state index contributed by atoms with van der Waals surface area (Å²) in [4.78, 5) is 6.99. The highest BCUT2D eigenvalue weighted by atomic mass is 16.5. The number of ether oxygens (including phenoxy) is 1. The predicted octanol–water partition coefficient (Wildman–Crippen LogP) is 2.69. The van der Waals surface area contributed by atoms with Gasteiger partial charge in [-0.2, -0.15) is 0 Å². The van der Waals surface area contributed by atoms with Crippen molar-refractivity contribution in [2.24, 2.45) is 0 Å². The largest absolute Gasteiger partial charge is 0.379 e. The molecule has 4 rings (SSSR count). The fourth-order valence-electron chi connectivity index (χ4n) is 3.75. The molecule has 2 aromatic heterocycles. The number of fused-ring (bicyclic) bond motifs is 1. The predicted molar refractivity (Wildman–Crippen MR) is 99.1 cm³/mol. The summed E-state index contributed by atoms with van der Waals surface area (Å²) in [6.45, 7) is 5.90. The zero-order chi connectivity index (χ0) is 16.9. The van der Waals surface area contributed by atoms with E-state index in [2.05, 4.69) is 38.5 Å². The van der Waals surface area contributed by atoms with Crippen molar-refractivity contribution in [1.82, 2.24) is 19.5 Å². The summed E-state index contributed by atoms with van der Waals surface area (Å²) < 4.78 is 7.31. The van der Waals surface area contributed by atoms with Gasteiger partial charge in [0.15, 0.2) is 5.65 Å². The van der Waals surface area contributed by atoms with E-state index in [4.69, 9.17) is 4.74 Å². The lowest BCUT2D eigenvalue weighted by molar-refractivity contribution is 0.0378. The van der Waals surface area contributed by atoms with Gasteiger partial charge in [-0.05, 0) is 44.2 Å². The van der Waals surface area contributed by atoms with Crippen molar-refractivity contribution >= 4 is 11.5 Å². The molecule has 2 aromatic rings. The molecule has 1 atom stereocenters. The van der Waals surface area contributed by atoms with Crippen LogP contribution in [0.3, 0.4) is 0 Å². The molecule has 0 saturated carbocycles. The average Bonchev–Trinajstić information content (AvgIpc) is 3.15. The minimum Gasteiger partial charge on any atom is -0.379 e. The second kappa shape index (κ2) is 7.97. The molecule has 0 amide bonds. The van der Waals surface area contributed by atoms with Crippen molar-refractivity contribution < 1.29 is 4.74 Å². The number of allylic oxidation sites excluding steroid dienone is 2. The maximum absolute atomic E-state index is 5.40. The van der Waals surface area contributed by atoms with Crippen molar-refractivity contribution in [3.63, 3.8) is 0 Å². The van der Waals surface area contributed by atoms with Gasteiger partial charge in [0.25, 0.3) is 0 Å². The maximum atomic E-state index is 5.40. The van der Waals surface area contributed by atoms with E-state index >= 15 is 0 Å². The fraction of sp³-hybridized carbons (Fsp3) is 0.579. The summed E-state index contributed by atoms with van der Waals surface area (Å²) in [5.41, 5.74) is 2.32. The highest BCUT2D eigenvalue weighted by molar-refractivity contribution is 5.54. The molecule has 6 nitrogen and oxygen atoms in total. The first-order valence-corrected chi connectivity index (χ1v) is 9.43. The zero-order valence-corrected chi connectivity index (χ0v) is 14.7. The van der Waals surface area contributed by atoms with Gasteiger partial charge in [0, 0.05) is 37.6 Å². The molecule has 1 fully saturated rings. The number of morpholine rings is 1. The number of aromatic nitrogens is 3. The van der Waals surface area contributed by atoms with Gasteiger partial charge in [0.05, 0.1) is 13.2 Å². The summed E-state index contributed by atoms with van der Waals surface area (Å²) in [6, 6.07) is 2.21. The normalized spacial score (nSPS) is 21.7. The number of hydrogen-bond donors (Lipinski definition) is 1. The molecule has 1 N–H and O–H groups in total. The van der Waals surface area contributed by atoms with E-state index < -0.39 is 0 Å². The molecule has 25 heavy (non-hydrogen) atoms. The van der Waals surface area contributed by atoms with Crippen molar-refractivity contribution in [3.8, 4) is 0 Å². The molecule has 0 spiro atoms. The van der Waals surface area contributed by atoms with Crippen LogP contribution in [0.4, 0.5) is 5.82 Å². The van der Waals surface area contributed by atoms with Crippen LogP contribution in [0.2, 0.25) is 0 Å². The molecule has 0 aromatic carbocycles. The van der Waals surface area contributed by atoms with E-state index in [1.807, 2.05) is 16.9 Å². The molecule has 6 heteroatoms. The Labute approximate surface area is 148 Å². The lowest BCUT2D eigenvalue weighted by Gasteiger charge is -2.26. The Morgan fingerprint density at radius 1 is 1.24 bits per heavy atom. The molecule has 1 aliphatic heterocycles. The third kappa shape index (κ3) is 4.02. The number of nitrogens with zero attached hydrogens (tertiary/aromatic N) is 4. The van der Waals surface area contributed by atoms with Crippen LogP contribution in [-0.2, 0) is 4.74 Å². The molecule has 1 aliphatic carbocycles. The Bertz CT molecular complexity index is 720. The van der Waals surface area contributed by atoms with E-state index in [9.17, 15) is 0 Å². The summed E-state index contributed by atoms with van der Waals surface area (Å²) in [7, 11) is 0. The van der Waals surface area contributed by atoms with Crippen LogP contribution in [-0.4, -0.2) is 58.9 Å². The summed E-state index contributed by atoms with van der Waals surface area (Å²) in [5.74, 6) is 1.50. The first-order valence-electron chi connectivity index (χ1n) is 9.43. The van der Waals surface area contributed by atoms with Gasteiger partial charge in [0.1, 0.15) is 5.82 Å². The highest BCUT2D eigenvalue weighted by Crippen LogP contribution is 2.32. The van der Waals surface area contributed by atoms with Gasteiger partial charge < -0.3 is 10.1 Å². The second-order valence-electron chi connectivity index (χ2n) is 6.90. The Hall–Kier alpha value is -1.92. The van der Waals surface area contributed by atoms with Gasteiger partial charge in [0.2, 0.25) is 0 Å². The minimum absolute atomic E-state index is 0.548. The first-order chi connectivity index (χ1) is 12.4. The third-order valence-electron chi connectivity index (χ3n) is 5.16. The quantitative estimate of drug-likeness (QED) is 0.647. The van der Waals surface area contributed by atoms with Crippen LogP contribution in [0.5, 0.6) is 0 Å². The van der Waals surface area contributed by atoms with Crippen LogP contribution >= 0.6 is 0 Å². The maximum Gasteiger partial charge on any atom is 0.157 e. The van der Waals surface area contributed by atoms with Crippen molar-refractivity contribution in [2.45, 2.75) is 31.6 Å². The van der Waals surface area contributed by atoms with Crippen molar-refractivity contribution in [2.75, 3.05) is 44.7 Å². The lowest BCUT2D eigenvalue weighted by atomic mass is 9.88. The van der Waals surface area contributed by atoms with Gasteiger partial charge in [-0.1, -0.05) is 12.2 Å². The highest BCUT2D eigenvalue weighted by Gasteiger charge is 2.18. The Kier molecular flexibility index (Phi) is 5.28. The molecular formula is C19H27N5O. The van der Waals surface area contributed by atoms with Crippen molar-refractivity contribution in [3.05, 3.63) is 36.2 Å². The van der Waals surface area contributed by atoms with Gasteiger partial charge >= 0.3 is 0 Å². The molecular weight excluding hydrogens is 314 g/mol. The van der Waals surface area contributed by atoms with Gasteiger partial charge in [-0.25, -0.2) is 9.50 Å². The Morgan fingerprint density at radius 2 is 2.16 bits per heavy atom. The molecule has 1 saturated heterocycles. The van der Waals surface area contributed by atoms with Gasteiger partial charge in [-0.15, -0.1) is 5.10 Å². The SMILES string of the molecule is C1=CCC(c2cc(NCCCN3CCOCC3)nn3ccnc23)CC1. The third-order valence-corrected chi connectivity index (χ3v) is 5.16. The molecule has 1 unspecified atom stereocenters. The molecule has 134 valence electrons. The minimum atomic E-state index is 0.548. The smallest absolute Gasteiger partial charge is 0.157 e. The van der Waals surface area contributed by atoms with E-state index in [1.54, 1.807) is 0 Å². The second-order valence-corrected chi connectivity index (χ2v) is 6.90. The Balaban J connectivity index is 1.40. The number of rotatable bonds is 6. The van der Waals surface area contributed by atoms with Crippen LogP contribution in [0.15, 0.2) is 30.6 Å². The molecule has 3 heterocycles. The monoisotopic (exact) mass is 341 g/mol. The van der Waals surface area contributed by atoms with E-state index in [-0.39, 0.29) is 0 Å². The average molecular weight is 341 g/mol. The standard InChI is InChI=1S/C19H27N5O/c1-2-5-16(6-3-1)17-15-18(22-24-10-8-21-19(17)24)20-7-4-9-23-11-13-25-14-12-23/h1-2,8,10,15-16H,3-7,9,11-14H2,(H,20,22). The van der Waals surface area contributed by atoms with E-state index in [0.717, 1.165) is 70.1 Å². The zero-order valence-electron chi connectivity index (χ0n) is 14.7. The molecule has 0 bridgehead atoms. The van der Waals surface area contributed by atoms with Crippen LogP contribution in [0.1, 0.15) is 37.2 Å². The van der Waals surface area contributed by atoms with E-state index in [1.165, 1.54) is 12.0 Å². The Morgan fingerprint density at radius 3 is 3.00 bits per heavy atom. The number of nitrogens with one attached hydrogen (secondary N) is 1. The van der Waals surface area contributed by atoms with Gasteiger partial charge in [-0.3, -0.25) is 4.90 Å².